The summed E-state index contributed by atoms with van der Waals surface area (Å²) in [6.45, 7) is 3.47. The van der Waals surface area contributed by atoms with Crippen molar-refractivity contribution in [3.05, 3.63) is 17.9 Å². The number of nitrogen functional groups attached to an aromatic ring is 1. The predicted molar refractivity (Wildman–Crippen MR) is 73.6 cm³/mol. The van der Waals surface area contributed by atoms with Gasteiger partial charge in [-0.2, -0.15) is 0 Å². The van der Waals surface area contributed by atoms with Crippen LogP contribution in [0, 0.1) is 5.82 Å². The van der Waals surface area contributed by atoms with Crippen molar-refractivity contribution in [3.63, 3.8) is 0 Å². The molecule has 0 aliphatic rings. The normalized spacial score (nSPS) is 12.4. The quantitative estimate of drug-likeness (QED) is 0.769. The van der Waals surface area contributed by atoms with Gasteiger partial charge in [-0.1, -0.05) is 0 Å². The monoisotopic (exact) mass is 306 g/mol. The molecule has 0 aliphatic heterocycles. The number of nitrogens with two attached hydrogens (primary N) is 1. The van der Waals surface area contributed by atoms with Gasteiger partial charge in [0.15, 0.2) is 11.6 Å². The first kappa shape index (κ1) is 16.7. The fourth-order valence-corrected chi connectivity index (χ4v) is 3.22. The zero-order valence-corrected chi connectivity index (χ0v) is 12.7. The average Bonchev–Trinajstić information content (AvgIpc) is 2.26. The lowest BCUT2D eigenvalue weighted by molar-refractivity contribution is 0.141. The van der Waals surface area contributed by atoms with Crippen molar-refractivity contribution < 1.29 is 22.3 Å². The molecule has 0 heterocycles. The van der Waals surface area contributed by atoms with E-state index in [0.717, 1.165) is 12.1 Å². The van der Waals surface area contributed by atoms with Crippen molar-refractivity contribution in [1.82, 2.24) is 4.72 Å². The molecule has 0 saturated carbocycles. The molecule has 0 aromatic heterocycles. The SMILES string of the molecule is COCC(C)(C)NS(=O)(=O)c1cc(N)c(OC)c(F)c1. The second-order valence-electron chi connectivity index (χ2n) is 4.95. The maximum Gasteiger partial charge on any atom is 0.241 e. The van der Waals surface area contributed by atoms with Crippen LogP contribution in [0.25, 0.3) is 0 Å². The van der Waals surface area contributed by atoms with E-state index in [0.29, 0.717) is 0 Å². The van der Waals surface area contributed by atoms with Crippen LogP contribution in [0.5, 0.6) is 5.75 Å². The summed E-state index contributed by atoms with van der Waals surface area (Å²) in [5.74, 6) is -1.02. The molecule has 1 rings (SSSR count). The summed E-state index contributed by atoms with van der Waals surface area (Å²) in [7, 11) is -1.20. The Bertz CT molecular complexity index is 564. The molecule has 20 heavy (non-hydrogen) atoms. The van der Waals surface area contributed by atoms with Crippen molar-refractivity contribution in [2.24, 2.45) is 0 Å². The number of hydrogen-bond donors (Lipinski definition) is 2. The molecule has 1 aromatic carbocycles. The molecule has 0 saturated heterocycles. The molecular formula is C12H19FN2O4S. The molecule has 0 radical (unpaired) electrons. The molecule has 0 amide bonds. The van der Waals surface area contributed by atoms with E-state index < -0.39 is 21.4 Å². The van der Waals surface area contributed by atoms with Crippen molar-refractivity contribution in [2.45, 2.75) is 24.3 Å². The van der Waals surface area contributed by atoms with Gasteiger partial charge in [-0.25, -0.2) is 17.5 Å². The van der Waals surface area contributed by atoms with E-state index in [1.54, 1.807) is 13.8 Å². The number of methoxy groups -OCH3 is 2. The molecule has 0 bridgehead atoms. The van der Waals surface area contributed by atoms with E-state index in [4.69, 9.17) is 15.2 Å². The van der Waals surface area contributed by atoms with Crippen molar-refractivity contribution in [1.29, 1.82) is 0 Å². The van der Waals surface area contributed by atoms with E-state index >= 15 is 0 Å². The molecule has 6 nitrogen and oxygen atoms in total. The minimum absolute atomic E-state index is 0.0857. The highest BCUT2D eigenvalue weighted by molar-refractivity contribution is 7.89. The van der Waals surface area contributed by atoms with Gasteiger partial charge < -0.3 is 15.2 Å². The second kappa shape index (κ2) is 5.94. The molecule has 3 N–H and O–H groups in total. The Morgan fingerprint density at radius 2 is 1.95 bits per heavy atom. The first-order valence-electron chi connectivity index (χ1n) is 5.79. The third kappa shape index (κ3) is 3.81. The zero-order valence-electron chi connectivity index (χ0n) is 11.9. The largest absolute Gasteiger partial charge is 0.492 e. The first-order chi connectivity index (χ1) is 9.13. The number of halogens is 1. The molecule has 114 valence electrons. The zero-order chi connectivity index (χ0) is 15.6. The molecule has 0 spiro atoms. The van der Waals surface area contributed by atoms with Crippen LogP contribution in [0.15, 0.2) is 17.0 Å². The second-order valence-corrected chi connectivity index (χ2v) is 6.63. The topological polar surface area (TPSA) is 90.7 Å². The molecule has 0 atom stereocenters. The van der Waals surface area contributed by atoms with Crippen LogP contribution in [-0.2, 0) is 14.8 Å². The third-order valence-corrected chi connectivity index (χ3v) is 4.15. The summed E-state index contributed by atoms with van der Waals surface area (Å²) in [5.41, 5.74) is 4.65. The first-order valence-corrected chi connectivity index (χ1v) is 7.27. The van der Waals surface area contributed by atoms with Gasteiger partial charge in [0, 0.05) is 7.11 Å². The van der Waals surface area contributed by atoms with E-state index in [1.807, 2.05) is 0 Å². The number of nitrogens with one attached hydrogen (secondary N) is 1. The molecular weight excluding hydrogens is 287 g/mol. The summed E-state index contributed by atoms with van der Waals surface area (Å²) in [4.78, 5) is -0.266. The van der Waals surface area contributed by atoms with Crippen LogP contribution >= 0.6 is 0 Å². The van der Waals surface area contributed by atoms with E-state index in [9.17, 15) is 12.8 Å². The van der Waals surface area contributed by atoms with Gasteiger partial charge in [0.05, 0.1) is 29.8 Å². The van der Waals surface area contributed by atoms with Crippen LogP contribution in [0.2, 0.25) is 0 Å². The van der Waals surface area contributed by atoms with Crippen molar-refractivity contribution in [2.75, 3.05) is 26.6 Å². The lowest BCUT2D eigenvalue weighted by Gasteiger charge is -2.25. The molecule has 0 unspecified atom stereocenters. The summed E-state index contributed by atoms with van der Waals surface area (Å²) in [6.07, 6.45) is 0. The number of hydrogen-bond acceptors (Lipinski definition) is 5. The maximum atomic E-state index is 13.7. The number of rotatable bonds is 6. The fourth-order valence-electron chi connectivity index (χ4n) is 1.77. The summed E-state index contributed by atoms with van der Waals surface area (Å²) in [6, 6.07) is 2.01. The fraction of sp³-hybridized carbons (Fsp3) is 0.500. The van der Waals surface area contributed by atoms with Gasteiger partial charge >= 0.3 is 0 Å². The van der Waals surface area contributed by atoms with Crippen LogP contribution in [0.1, 0.15) is 13.8 Å². The van der Waals surface area contributed by atoms with E-state index in [2.05, 4.69) is 4.72 Å². The highest BCUT2D eigenvalue weighted by Crippen LogP contribution is 2.28. The third-order valence-electron chi connectivity index (χ3n) is 2.48. The van der Waals surface area contributed by atoms with Gasteiger partial charge in [-0.15, -0.1) is 0 Å². The summed E-state index contributed by atoms with van der Waals surface area (Å²) < 4.78 is 50.2. The average molecular weight is 306 g/mol. The molecule has 1 aromatic rings. The highest BCUT2D eigenvalue weighted by atomic mass is 32.2. The Balaban J connectivity index is 3.17. The van der Waals surface area contributed by atoms with Crippen LogP contribution < -0.4 is 15.2 Å². The molecule has 0 aliphatic carbocycles. The Morgan fingerprint density at radius 1 is 1.35 bits per heavy atom. The van der Waals surface area contributed by atoms with Gasteiger partial charge in [0.2, 0.25) is 10.0 Å². The Labute approximate surface area is 118 Å². The van der Waals surface area contributed by atoms with Crippen LogP contribution in [0.3, 0.4) is 0 Å². The van der Waals surface area contributed by atoms with Gasteiger partial charge in [-0.3, -0.25) is 0 Å². The number of benzene rings is 1. The van der Waals surface area contributed by atoms with Crippen LogP contribution in [0.4, 0.5) is 10.1 Å². The smallest absolute Gasteiger partial charge is 0.241 e. The van der Waals surface area contributed by atoms with Crippen molar-refractivity contribution in [3.8, 4) is 5.75 Å². The van der Waals surface area contributed by atoms with Gasteiger partial charge in [-0.05, 0) is 26.0 Å². The molecule has 0 fully saturated rings. The number of sulfonamides is 1. The predicted octanol–water partition coefficient (Wildman–Crippen LogP) is 1.12. The van der Waals surface area contributed by atoms with Gasteiger partial charge in [0.1, 0.15) is 0 Å². The standard InChI is InChI=1S/C12H19FN2O4S/c1-12(2,7-18-3)15-20(16,17)8-5-9(13)11(19-4)10(14)6-8/h5-6,15H,7,14H2,1-4H3. The lowest BCUT2D eigenvalue weighted by Crippen LogP contribution is -2.46. The van der Waals surface area contributed by atoms with Crippen molar-refractivity contribution >= 4 is 15.7 Å². The Hall–Kier alpha value is -1.38. The Morgan fingerprint density at radius 3 is 2.40 bits per heavy atom. The number of ether oxygens (including phenoxy) is 2. The van der Waals surface area contributed by atoms with E-state index in [-0.39, 0.29) is 22.9 Å². The minimum Gasteiger partial charge on any atom is -0.492 e. The molecule has 8 heteroatoms. The maximum absolute atomic E-state index is 13.7. The van der Waals surface area contributed by atoms with Gasteiger partial charge in [0.25, 0.3) is 0 Å². The highest BCUT2D eigenvalue weighted by Gasteiger charge is 2.27. The number of anilines is 1. The lowest BCUT2D eigenvalue weighted by atomic mass is 10.1. The minimum atomic E-state index is -3.92. The summed E-state index contributed by atoms with van der Waals surface area (Å²) in [5, 5.41) is 0. The Kier molecular flexibility index (Phi) is 4.95. The van der Waals surface area contributed by atoms with Crippen LogP contribution in [-0.4, -0.2) is 34.8 Å². The van der Waals surface area contributed by atoms with E-state index in [1.165, 1.54) is 14.2 Å². The summed E-state index contributed by atoms with van der Waals surface area (Å²) >= 11 is 0.